The molecule has 0 radical (unpaired) electrons. The molecule has 128 valence electrons. The molecule has 0 spiro atoms. The number of carbonyl (C=O) groups excluding carboxylic acids is 1. The van der Waals surface area contributed by atoms with Gasteiger partial charge in [0.25, 0.3) is 0 Å². The van der Waals surface area contributed by atoms with Gasteiger partial charge >= 0.3 is 6.03 Å². The first-order chi connectivity index (χ1) is 11.4. The summed E-state index contributed by atoms with van der Waals surface area (Å²) in [5.41, 5.74) is 1.07. The molecule has 7 nitrogen and oxygen atoms in total. The third-order valence-corrected chi connectivity index (χ3v) is 3.96. The van der Waals surface area contributed by atoms with Crippen LogP contribution in [0.1, 0.15) is 5.56 Å². The third-order valence-electron chi connectivity index (χ3n) is 3.38. The van der Waals surface area contributed by atoms with Crippen LogP contribution in [-0.4, -0.2) is 37.3 Å². The molecule has 0 unspecified atom stereocenters. The zero-order valence-electron chi connectivity index (χ0n) is 13.6. The van der Waals surface area contributed by atoms with Crippen LogP contribution in [0.15, 0.2) is 18.5 Å². The summed E-state index contributed by atoms with van der Waals surface area (Å²) in [4.78, 5) is 21.6. The number of amides is 2. The Kier molecular flexibility index (Phi) is 5.69. The lowest BCUT2D eigenvalue weighted by molar-refractivity contribution is 0.258. The van der Waals surface area contributed by atoms with Gasteiger partial charge in [0.2, 0.25) is 0 Å². The summed E-state index contributed by atoms with van der Waals surface area (Å²) in [5, 5.41) is 3.25. The molecule has 1 heterocycles. The van der Waals surface area contributed by atoms with E-state index in [1.165, 1.54) is 31.5 Å². The fourth-order valence-electron chi connectivity index (χ4n) is 2.01. The molecule has 0 fully saturated rings. The largest absolute Gasteiger partial charge is 0.496 e. The Morgan fingerprint density at radius 1 is 1.17 bits per heavy atom. The van der Waals surface area contributed by atoms with Gasteiger partial charge < -0.3 is 14.8 Å². The Morgan fingerprint density at radius 3 is 2.42 bits per heavy atom. The Labute approximate surface area is 149 Å². The number of nitrogens with one attached hydrogen (secondary N) is 1. The number of carbonyl (C=O) groups is 1. The zero-order valence-corrected chi connectivity index (χ0v) is 15.1. The predicted molar refractivity (Wildman–Crippen MR) is 93.8 cm³/mol. The number of halogens is 2. The maximum absolute atomic E-state index is 12.5. The molecule has 0 aliphatic heterocycles. The van der Waals surface area contributed by atoms with E-state index >= 15 is 0 Å². The van der Waals surface area contributed by atoms with Gasteiger partial charge in [-0.25, -0.2) is 14.8 Å². The number of methoxy groups -OCH3 is 2. The summed E-state index contributed by atoms with van der Waals surface area (Å²) in [6.45, 7) is 1.78. The number of hydrogen-bond donors (Lipinski definition) is 1. The molecule has 0 saturated carbocycles. The summed E-state index contributed by atoms with van der Waals surface area (Å²) in [5.74, 6) is 1.28. The molecule has 0 saturated heterocycles. The van der Waals surface area contributed by atoms with E-state index in [1.54, 1.807) is 20.0 Å². The van der Waals surface area contributed by atoms with Gasteiger partial charge in [-0.2, -0.15) is 0 Å². The van der Waals surface area contributed by atoms with Gasteiger partial charge in [-0.05, 0) is 6.92 Å². The number of nitrogens with zero attached hydrogens (tertiary/aromatic N) is 3. The molecule has 1 N–H and O–H groups in total. The Balaban J connectivity index is 2.34. The lowest BCUT2D eigenvalue weighted by atomic mass is 10.1. The number of aromatic nitrogens is 2. The van der Waals surface area contributed by atoms with Crippen LogP contribution in [0, 0.1) is 6.92 Å². The van der Waals surface area contributed by atoms with Gasteiger partial charge in [0.15, 0.2) is 0 Å². The van der Waals surface area contributed by atoms with E-state index < -0.39 is 6.03 Å². The topological polar surface area (TPSA) is 76.6 Å². The number of urea groups is 1. The minimum atomic E-state index is -0.454. The third kappa shape index (κ3) is 3.63. The monoisotopic (exact) mass is 370 g/mol. The van der Waals surface area contributed by atoms with Gasteiger partial charge in [0.1, 0.15) is 33.8 Å². The number of ether oxygens (including phenoxy) is 2. The van der Waals surface area contributed by atoms with Gasteiger partial charge in [0.05, 0.1) is 19.9 Å². The molecule has 1 aromatic carbocycles. The second-order valence-corrected chi connectivity index (χ2v) is 5.55. The fourth-order valence-corrected chi connectivity index (χ4v) is 2.48. The summed E-state index contributed by atoms with van der Waals surface area (Å²) in [6.07, 6.45) is 1.27. The van der Waals surface area contributed by atoms with E-state index in [-0.39, 0.29) is 10.2 Å². The van der Waals surface area contributed by atoms with Crippen molar-refractivity contribution in [3.8, 4) is 11.5 Å². The molecule has 2 amide bonds. The van der Waals surface area contributed by atoms with Gasteiger partial charge in [0, 0.05) is 24.7 Å². The van der Waals surface area contributed by atoms with Crippen LogP contribution in [0.2, 0.25) is 10.2 Å². The number of rotatable bonds is 4. The maximum atomic E-state index is 12.5. The number of benzene rings is 1. The van der Waals surface area contributed by atoms with Crippen molar-refractivity contribution >= 4 is 40.7 Å². The van der Waals surface area contributed by atoms with Crippen molar-refractivity contribution in [3.63, 3.8) is 0 Å². The summed E-state index contributed by atoms with van der Waals surface area (Å²) in [6, 6.07) is 2.67. The van der Waals surface area contributed by atoms with Crippen molar-refractivity contribution in [1.29, 1.82) is 0 Å². The van der Waals surface area contributed by atoms with Crippen molar-refractivity contribution in [3.05, 3.63) is 34.2 Å². The van der Waals surface area contributed by atoms with E-state index in [9.17, 15) is 4.79 Å². The minimum Gasteiger partial charge on any atom is -0.496 e. The highest BCUT2D eigenvalue weighted by Crippen LogP contribution is 2.40. The predicted octanol–water partition coefficient (Wildman–Crippen LogP) is 3.78. The van der Waals surface area contributed by atoms with Crippen molar-refractivity contribution in [2.45, 2.75) is 6.92 Å². The number of hydrogen-bond acceptors (Lipinski definition) is 5. The van der Waals surface area contributed by atoms with Crippen molar-refractivity contribution in [1.82, 2.24) is 9.97 Å². The van der Waals surface area contributed by atoms with Gasteiger partial charge in [-0.1, -0.05) is 23.2 Å². The highest BCUT2D eigenvalue weighted by molar-refractivity contribution is 6.35. The first-order valence-corrected chi connectivity index (χ1v) is 7.58. The molecule has 0 atom stereocenters. The fraction of sp³-hybridized carbons (Fsp3) is 0.267. The van der Waals surface area contributed by atoms with E-state index in [4.69, 9.17) is 32.7 Å². The van der Waals surface area contributed by atoms with E-state index in [2.05, 4.69) is 15.3 Å². The van der Waals surface area contributed by atoms with Gasteiger partial charge in [-0.15, -0.1) is 0 Å². The molecule has 24 heavy (non-hydrogen) atoms. The molecule has 0 aliphatic rings. The van der Waals surface area contributed by atoms with Crippen LogP contribution in [-0.2, 0) is 0 Å². The zero-order chi connectivity index (χ0) is 17.9. The standard InChI is InChI=1S/C15H16Cl2N4O3/c1-8-9(23-3)5-10(24-4)13(17)14(8)20-15(22)21(2)12-6-11(16)18-7-19-12/h5-7H,1-4H3,(H,20,22). The van der Waals surface area contributed by atoms with Crippen molar-refractivity contribution < 1.29 is 14.3 Å². The normalized spacial score (nSPS) is 10.2. The molecular formula is C15H16Cl2N4O3. The maximum Gasteiger partial charge on any atom is 0.327 e. The molecule has 0 aliphatic carbocycles. The van der Waals surface area contributed by atoms with E-state index in [1.807, 2.05) is 0 Å². The molecule has 2 rings (SSSR count). The van der Waals surface area contributed by atoms with Crippen LogP contribution >= 0.6 is 23.2 Å². The quantitative estimate of drug-likeness (QED) is 0.828. The van der Waals surface area contributed by atoms with Crippen LogP contribution in [0.5, 0.6) is 11.5 Å². The first kappa shape index (κ1) is 18.1. The highest BCUT2D eigenvalue weighted by Gasteiger charge is 2.20. The van der Waals surface area contributed by atoms with Gasteiger partial charge in [-0.3, -0.25) is 4.90 Å². The van der Waals surface area contributed by atoms with Crippen LogP contribution in [0.25, 0.3) is 0 Å². The van der Waals surface area contributed by atoms with Crippen molar-refractivity contribution in [2.75, 3.05) is 31.5 Å². The van der Waals surface area contributed by atoms with Crippen LogP contribution in [0.3, 0.4) is 0 Å². The molecule has 2 aromatic rings. The Morgan fingerprint density at radius 2 is 1.83 bits per heavy atom. The first-order valence-electron chi connectivity index (χ1n) is 6.82. The van der Waals surface area contributed by atoms with E-state index in [0.717, 1.165) is 0 Å². The average Bonchev–Trinajstić information content (AvgIpc) is 2.58. The van der Waals surface area contributed by atoms with E-state index in [0.29, 0.717) is 28.6 Å². The second-order valence-electron chi connectivity index (χ2n) is 4.78. The van der Waals surface area contributed by atoms with Crippen LogP contribution < -0.4 is 19.7 Å². The minimum absolute atomic E-state index is 0.233. The average molecular weight is 371 g/mol. The SMILES string of the molecule is COc1cc(OC)c(Cl)c(NC(=O)N(C)c2cc(Cl)ncn2)c1C. The molecule has 1 aromatic heterocycles. The summed E-state index contributed by atoms with van der Waals surface area (Å²) in [7, 11) is 4.56. The summed E-state index contributed by atoms with van der Waals surface area (Å²) >= 11 is 12.1. The molecule has 0 bridgehead atoms. The number of anilines is 2. The smallest absolute Gasteiger partial charge is 0.327 e. The Bertz CT molecular complexity index is 742. The summed E-state index contributed by atoms with van der Waals surface area (Å²) < 4.78 is 10.5. The highest BCUT2D eigenvalue weighted by atomic mass is 35.5. The van der Waals surface area contributed by atoms with Crippen LogP contribution in [0.4, 0.5) is 16.3 Å². The van der Waals surface area contributed by atoms with Crippen molar-refractivity contribution in [2.24, 2.45) is 0 Å². The second kappa shape index (κ2) is 7.55. The Hall–Kier alpha value is -2.25. The molecule has 9 heteroatoms. The lowest BCUT2D eigenvalue weighted by Gasteiger charge is -2.20. The lowest BCUT2D eigenvalue weighted by Crippen LogP contribution is -2.32. The molecular weight excluding hydrogens is 355 g/mol.